The zero-order valence-electron chi connectivity index (χ0n) is 17.1. The van der Waals surface area contributed by atoms with Crippen LogP contribution in [-0.4, -0.2) is 24.5 Å². The third-order valence-corrected chi connectivity index (χ3v) is 4.67. The number of hydrogen-bond donors (Lipinski definition) is 0. The van der Waals surface area contributed by atoms with Crippen LogP contribution in [0.15, 0.2) is 67.3 Å². The molecule has 0 bridgehead atoms. The van der Waals surface area contributed by atoms with Crippen molar-refractivity contribution in [2.45, 2.75) is 51.6 Å². The van der Waals surface area contributed by atoms with Crippen molar-refractivity contribution in [2.75, 3.05) is 6.61 Å². The molecule has 154 valence electrons. The monoisotopic (exact) mass is 394 g/mol. The summed E-state index contributed by atoms with van der Waals surface area (Å²) in [5.74, 6) is 0.179. The van der Waals surface area contributed by atoms with Crippen molar-refractivity contribution < 1.29 is 19.1 Å². The molecule has 0 saturated carbocycles. The van der Waals surface area contributed by atoms with Crippen LogP contribution in [0.4, 0.5) is 0 Å². The number of esters is 1. The van der Waals surface area contributed by atoms with Crippen LogP contribution in [0.1, 0.15) is 61.4 Å². The van der Waals surface area contributed by atoms with Gasteiger partial charge in [0.1, 0.15) is 18.5 Å². The summed E-state index contributed by atoms with van der Waals surface area (Å²) in [6.45, 7) is 5.92. The standard InChI is InChI=1S/C25H30O4/c1-3-5-6-7-11-14-23(29-24(26)4-2)19-28-22-17-15-21(16-18-22)25(27)20-12-9-8-10-13-20/h4,8-10,12-13,15-18,23H,2-3,5-7,11,14,19H2,1H3. The van der Waals surface area contributed by atoms with Crippen molar-refractivity contribution in [1.82, 2.24) is 0 Å². The molecule has 0 aliphatic rings. The van der Waals surface area contributed by atoms with Crippen molar-refractivity contribution >= 4 is 11.8 Å². The van der Waals surface area contributed by atoms with Gasteiger partial charge in [0.25, 0.3) is 0 Å². The minimum atomic E-state index is -0.434. The van der Waals surface area contributed by atoms with E-state index in [2.05, 4.69) is 13.5 Å². The summed E-state index contributed by atoms with van der Waals surface area (Å²) in [6, 6.07) is 16.2. The van der Waals surface area contributed by atoms with Crippen molar-refractivity contribution in [3.63, 3.8) is 0 Å². The maximum atomic E-state index is 12.5. The molecule has 0 aromatic heterocycles. The predicted molar refractivity (Wildman–Crippen MR) is 115 cm³/mol. The molecule has 1 unspecified atom stereocenters. The van der Waals surface area contributed by atoms with E-state index in [0.29, 0.717) is 16.9 Å². The highest BCUT2D eigenvalue weighted by atomic mass is 16.6. The summed E-state index contributed by atoms with van der Waals surface area (Å²) in [5, 5.41) is 0. The van der Waals surface area contributed by atoms with Gasteiger partial charge in [-0.05, 0) is 37.1 Å². The van der Waals surface area contributed by atoms with E-state index in [1.807, 2.05) is 18.2 Å². The first-order valence-corrected chi connectivity index (χ1v) is 10.3. The van der Waals surface area contributed by atoms with Gasteiger partial charge in [-0.3, -0.25) is 4.79 Å². The molecule has 1 atom stereocenters. The molecule has 0 fully saturated rings. The number of ketones is 1. The third kappa shape index (κ3) is 7.94. The molecule has 0 saturated heterocycles. The molecular formula is C25H30O4. The van der Waals surface area contributed by atoms with Crippen LogP contribution < -0.4 is 4.74 Å². The largest absolute Gasteiger partial charge is 0.490 e. The summed E-state index contributed by atoms with van der Waals surface area (Å²) in [4.78, 5) is 24.1. The maximum Gasteiger partial charge on any atom is 0.330 e. The van der Waals surface area contributed by atoms with Gasteiger partial charge in [0.05, 0.1) is 0 Å². The third-order valence-electron chi connectivity index (χ3n) is 4.67. The Hall–Kier alpha value is -2.88. The summed E-state index contributed by atoms with van der Waals surface area (Å²) in [5.41, 5.74) is 1.26. The molecule has 0 amide bonds. The SMILES string of the molecule is C=CC(=O)OC(CCCCCCC)COc1ccc(C(=O)c2ccccc2)cc1. The van der Waals surface area contributed by atoms with Gasteiger partial charge in [-0.15, -0.1) is 0 Å². The molecule has 0 aliphatic carbocycles. The van der Waals surface area contributed by atoms with Gasteiger partial charge in [0, 0.05) is 17.2 Å². The number of rotatable bonds is 13. The lowest BCUT2D eigenvalue weighted by atomic mass is 10.0. The Kier molecular flexibility index (Phi) is 9.70. The van der Waals surface area contributed by atoms with E-state index < -0.39 is 5.97 Å². The Bertz CT molecular complexity index is 765. The second kappa shape index (κ2) is 12.6. The molecule has 2 rings (SSSR count). The number of ether oxygens (including phenoxy) is 2. The van der Waals surface area contributed by atoms with E-state index in [0.717, 1.165) is 19.3 Å². The second-order valence-corrected chi connectivity index (χ2v) is 7.00. The van der Waals surface area contributed by atoms with Crippen LogP contribution in [0.25, 0.3) is 0 Å². The number of carbonyl (C=O) groups excluding carboxylic acids is 2. The van der Waals surface area contributed by atoms with Gasteiger partial charge >= 0.3 is 5.97 Å². The van der Waals surface area contributed by atoms with Gasteiger partial charge < -0.3 is 9.47 Å². The van der Waals surface area contributed by atoms with Crippen molar-refractivity contribution in [1.29, 1.82) is 0 Å². The van der Waals surface area contributed by atoms with E-state index in [1.54, 1.807) is 36.4 Å². The quantitative estimate of drug-likeness (QED) is 0.188. The number of benzene rings is 2. The fourth-order valence-corrected chi connectivity index (χ4v) is 3.01. The highest BCUT2D eigenvalue weighted by Crippen LogP contribution is 2.17. The predicted octanol–water partition coefficient (Wildman–Crippen LogP) is 5.75. The van der Waals surface area contributed by atoms with E-state index in [-0.39, 0.29) is 18.5 Å². The van der Waals surface area contributed by atoms with Crippen LogP contribution in [0.5, 0.6) is 5.75 Å². The molecule has 0 spiro atoms. The zero-order chi connectivity index (χ0) is 20.9. The average Bonchev–Trinajstić information content (AvgIpc) is 2.77. The Balaban J connectivity index is 1.89. The van der Waals surface area contributed by atoms with E-state index in [1.165, 1.54) is 25.3 Å². The van der Waals surface area contributed by atoms with Gasteiger partial charge in [0.2, 0.25) is 0 Å². The minimum absolute atomic E-state index is 0.0259. The second-order valence-electron chi connectivity index (χ2n) is 7.00. The highest BCUT2D eigenvalue weighted by Gasteiger charge is 2.14. The molecule has 4 nitrogen and oxygen atoms in total. The average molecular weight is 395 g/mol. The normalized spacial score (nSPS) is 11.5. The fourth-order valence-electron chi connectivity index (χ4n) is 3.01. The topological polar surface area (TPSA) is 52.6 Å². The van der Waals surface area contributed by atoms with E-state index in [9.17, 15) is 9.59 Å². The number of hydrogen-bond acceptors (Lipinski definition) is 4. The molecule has 2 aromatic carbocycles. The fraction of sp³-hybridized carbons (Fsp3) is 0.360. The maximum absolute atomic E-state index is 12.5. The van der Waals surface area contributed by atoms with Crippen molar-refractivity contribution in [3.05, 3.63) is 78.4 Å². The molecule has 0 aliphatic heterocycles. The number of unbranched alkanes of at least 4 members (excludes halogenated alkanes) is 4. The first-order chi connectivity index (χ1) is 14.1. The summed E-state index contributed by atoms with van der Waals surface area (Å²) < 4.78 is 11.2. The van der Waals surface area contributed by atoms with Gasteiger partial charge in [-0.1, -0.05) is 69.5 Å². The summed E-state index contributed by atoms with van der Waals surface area (Å²) in [7, 11) is 0. The van der Waals surface area contributed by atoms with Gasteiger partial charge in [-0.2, -0.15) is 0 Å². The molecule has 0 N–H and O–H groups in total. The van der Waals surface area contributed by atoms with Gasteiger partial charge in [-0.25, -0.2) is 4.79 Å². The Morgan fingerprint density at radius 3 is 2.24 bits per heavy atom. The first-order valence-electron chi connectivity index (χ1n) is 10.3. The van der Waals surface area contributed by atoms with E-state index in [4.69, 9.17) is 9.47 Å². The summed E-state index contributed by atoms with van der Waals surface area (Å²) in [6.07, 6.45) is 7.34. The molecule has 0 heterocycles. The van der Waals surface area contributed by atoms with Crippen LogP contribution in [0.3, 0.4) is 0 Å². The molecule has 4 heteroatoms. The van der Waals surface area contributed by atoms with Gasteiger partial charge in [0.15, 0.2) is 5.78 Å². The van der Waals surface area contributed by atoms with Crippen LogP contribution in [0, 0.1) is 0 Å². The van der Waals surface area contributed by atoms with Crippen molar-refractivity contribution in [2.24, 2.45) is 0 Å². The lowest BCUT2D eigenvalue weighted by molar-refractivity contribution is -0.144. The van der Waals surface area contributed by atoms with E-state index >= 15 is 0 Å². The van der Waals surface area contributed by atoms with Crippen molar-refractivity contribution in [3.8, 4) is 5.75 Å². The highest BCUT2D eigenvalue weighted by molar-refractivity contribution is 6.08. The molecular weight excluding hydrogens is 364 g/mol. The van der Waals surface area contributed by atoms with Crippen LogP contribution in [-0.2, 0) is 9.53 Å². The van der Waals surface area contributed by atoms with Crippen LogP contribution >= 0.6 is 0 Å². The first kappa shape index (κ1) is 22.4. The number of carbonyl (C=O) groups is 2. The Labute approximate surface area is 173 Å². The molecule has 29 heavy (non-hydrogen) atoms. The summed E-state index contributed by atoms with van der Waals surface area (Å²) >= 11 is 0. The Morgan fingerprint density at radius 1 is 0.931 bits per heavy atom. The Morgan fingerprint density at radius 2 is 1.59 bits per heavy atom. The lowest BCUT2D eigenvalue weighted by Gasteiger charge is -2.18. The smallest absolute Gasteiger partial charge is 0.330 e. The van der Waals surface area contributed by atoms with Crippen LogP contribution in [0.2, 0.25) is 0 Å². The zero-order valence-corrected chi connectivity index (χ0v) is 17.1. The lowest BCUT2D eigenvalue weighted by Crippen LogP contribution is -2.24. The minimum Gasteiger partial charge on any atom is -0.490 e. The molecule has 2 aromatic rings. The molecule has 0 radical (unpaired) electrons.